The van der Waals surface area contributed by atoms with Crippen LogP contribution in [0.5, 0.6) is 0 Å². The summed E-state index contributed by atoms with van der Waals surface area (Å²) in [7, 11) is -5.12. The first-order valence-electron chi connectivity index (χ1n) is 22.6. The number of unbranched alkanes of at least 4 members (excludes halogenated alkanes) is 25. The molecule has 1 amide bonds. The number of aliphatic hydroxyl groups is 7. The van der Waals surface area contributed by atoms with Gasteiger partial charge in [0.15, 0.2) is 0 Å². The zero-order valence-electron chi connectivity index (χ0n) is 35.1. The molecule has 9 N–H and O–H groups in total. The summed E-state index contributed by atoms with van der Waals surface area (Å²) < 4.78 is 22.9. The van der Waals surface area contributed by atoms with Crippen LogP contribution < -0.4 is 5.32 Å². The average Bonchev–Trinajstić information content (AvgIpc) is 3.18. The molecule has 0 spiro atoms. The Labute approximate surface area is 339 Å². The zero-order valence-corrected chi connectivity index (χ0v) is 36.0. The van der Waals surface area contributed by atoms with Gasteiger partial charge >= 0.3 is 7.82 Å². The third kappa shape index (κ3) is 24.4. The Morgan fingerprint density at radius 2 is 0.857 bits per heavy atom. The summed E-state index contributed by atoms with van der Waals surface area (Å²) in [5.41, 5.74) is 0. The number of hydrogen-bond donors (Lipinski definition) is 9. The van der Waals surface area contributed by atoms with Gasteiger partial charge in [-0.05, 0) is 12.8 Å². The van der Waals surface area contributed by atoms with E-state index in [2.05, 4.69) is 19.2 Å². The minimum atomic E-state index is -5.12. The van der Waals surface area contributed by atoms with E-state index in [9.17, 15) is 50.0 Å². The predicted octanol–water partition coefficient (Wildman–Crippen LogP) is 6.87. The molecule has 56 heavy (non-hydrogen) atoms. The Morgan fingerprint density at radius 3 is 1.23 bits per heavy atom. The van der Waals surface area contributed by atoms with Gasteiger partial charge in [0.05, 0.1) is 18.8 Å². The van der Waals surface area contributed by atoms with Crippen LogP contribution in [0.2, 0.25) is 0 Å². The monoisotopic (exact) mass is 826 g/mol. The summed E-state index contributed by atoms with van der Waals surface area (Å²) in [5, 5.41) is 74.5. The van der Waals surface area contributed by atoms with Crippen molar-refractivity contribution in [3.63, 3.8) is 0 Å². The number of aliphatic hydroxyl groups excluding tert-OH is 7. The lowest BCUT2D eigenvalue weighted by molar-refractivity contribution is -0.220. The molecule has 0 aromatic carbocycles. The summed E-state index contributed by atoms with van der Waals surface area (Å²) in [6, 6.07) is -1.20. The maximum absolute atomic E-state index is 13.0. The summed E-state index contributed by atoms with van der Waals surface area (Å²) in [5.74, 6) is -0.746. The Kier molecular flexibility index (Phi) is 31.5. The van der Waals surface area contributed by atoms with Crippen molar-refractivity contribution in [2.75, 3.05) is 6.61 Å². The van der Waals surface area contributed by atoms with Crippen LogP contribution in [0.25, 0.3) is 0 Å². The molecule has 14 heteroatoms. The summed E-state index contributed by atoms with van der Waals surface area (Å²) >= 11 is 0. The van der Waals surface area contributed by atoms with Crippen molar-refractivity contribution >= 4 is 13.7 Å². The van der Waals surface area contributed by atoms with Crippen LogP contribution in [-0.2, 0) is 18.4 Å². The van der Waals surface area contributed by atoms with E-state index < -0.39 is 75.2 Å². The minimum absolute atomic E-state index is 0.224. The van der Waals surface area contributed by atoms with Crippen LogP contribution in [0.3, 0.4) is 0 Å². The minimum Gasteiger partial charge on any atom is -0.391 e. The van der Waals surface area contributed by atoms with Crippen molar-refractivity contribution in [2.24, 2.45) is 0 Å². The van der Waals surface area contributed by atoms with Crippen LogP contribution in [0, 0.1) is 0 Å². The molecular weight excluding hydrogens is 741 g/mol. The molecule has 334 valence electrons. The van der Waals surface area contributed by atoms with Crippen LogP contribution in [0.1, 0.15) is 200 Å². The Hall–Kier alpha value is -0.700. The molecule has 1 saturated carbocycles. The molecule has 1 aliphatic carbocycles. The van der Waals surface area contributed by atoms with Gasteiger partial charge in [0.1, 0.15) is 42.7 Å². The lowest BCUT2D eigenvalue weighted by Gasteiger charge is -2.41. The molecular formula is C42H84NO12P. The standard InChI is InChI=1S/C42H84NO12P/c1-3-5-7-9-11-13-15-17-19-21-23-25-27-29-31-35(45)42(51)43-33(34(44)30-28-26-24-22-20-18-16-14-12-10-8-6-4-2)32-54-56(52,53)55-41-39(49)37(47)36(46)38(48)40(41)50/h33-41,44-50H,3-32H2,1-2H3,(H,43,51)(H,52,53)/t33-,34+,35?,36?,37+,38?,39?,40?,41?/m0/s1. The summed E-state index contributed by atoms with van der Waals surface area (Å²) in [4.78, 5) is 23.4. The summed E-state index contributed by atoms with van der Waals surface area (Å²) in [6.45, 7) is 3.75. The number of nitrogens with one attached hydrogen (secondary N) is 1. The Balaban J connectivity index is 2.55. The Morgan fingerprint density at radius 1 is 0.536 bits per heavy atom. The zero-order chi connectivity index (χ0) is 41.6. The molecule has 1 fully saturated rings. The van der Waals surface area contributed by atoms with Gasteiger partial charge in [-0.2, -0.15) is 0 Å². The third-order valence-corrected chi connectivity index (χ3v) is 12.3. The molecule has 0 aromatic heterocycles. The van der Waals surface area contributed by atoms with Crippen molar-refractivity contribution < 1.29 is 59.0 Å². The van der Waals surface area contributed by atoms with E-state index in [4.69, 9.17) is 9.05 Å². The number of rotatable bonds is 37. The average molecular weight is 826 g/mol. The van der Waals surface area contributed by atoms with Crippen LogP contribution in [0.4, 0.5) is 0 Å². The first kappa shape index (κ1) is 53.3. The molecule has 13 nitrogen and oxygen atoms in total. The fourth-order valence-corrected chi connectivity index (χ4v) is 8.41. The van der Waals surface area contributed by atoms with E-state index in [1.165, 1.54) is 116 Å². The van der Waals surface area contributed by atoms with Crippen LogP contribution in [-0.4, -0.2) is 108 Å². The highest BCUT2D eigenvalue weighted by Gasteiger charge is 2.51. The van der Waals surface area contributed by atoms with Gasteiger partial charge in [-0.15, -0.1) is 0 Å². The highest BCUT2D eigenvalue weighted by atomic mass is 31.2. The van der Waals surface area contributed by atoms with Gasteiger partial charge in [-0.1, -0.05) is 187 Å². The molecule has 1 rings (SSSR count). The number of carbonyl (C=O) groups is 1. The van der Waals surface area contributed by atoms with Crippen molar-refractivity contribution in [1.29, 1.82) is 0 Å². The van der Waals surface area contributed by atoms with E-state index in [1.807, 2.05) is 0 Å². The summed E-state index contributed by atoms with van der Waals surface area (Å²) in [6.07, 6.45) is 17.5. The van der Waals surface area contributed by atoms with Crippen LogP contribution >= 0.6 is 7.82 Å². The van der Waals surface area contributed by atoms with Gasteiger partial charge < -0.3 is 46.0 Å². The molecule has 0 aromatic rings. The highest BCUT2D eigenvalue weighted by Crippen LogP contribution is 2.47. The topological polar surface area (TPSA) is 226 Å². The van der Waals surface area contributed by atoms with Gasteiger partial charge in [-0.25, -0.2) is 4.57 Å². The van der Waals surface area contributed by atoms with Gasteiger partial charge in [0, 0.05) is 0 Å². The lowest BCUT2D eigenvalue weighted by Crippen LogP contribution is -2.64. The van der Waals surface area contributed by atoms with Crippen molar-refractivity contribution in [1.82, 2.24) is 5.32 Å². The molecule has 0 bridgehead atoms. The third-order valence-electron chi connectivity index (χ3n) is 11.3. The van der Waals surface area contributed by atoms with E-state index in [0.717, 1.165) is 44.9 Å². The second-order valence-electron chi connectivity index (χ2n) is 16.4. The molecule has 1 aliphatic rings. The fraction of sp³-hybridized carbons (Fsp3) is 0.976. The van der Waals surface area contributed by atoms with Gasteiger partial charge in [0.2, 0.25) is 5.91 Å². The van der Waals surface area contributed by atoms with E-state index >= 15 is 0 Å². The highest BCUT2D eigenvalue weighted by molar-refractivity contribution is 7.47. The van der Waals surface area contributed by atoms with Crippen molar-refractivity contribution in [3.8, 4) is 0 Å². The molecule has 10 atom stereocenters. The second-order valence-corrected chi connectivity index (χ2v) is 17.8. The Bertz CT molecular complexity index is 979. The number of hydrogen-bond acceptors (Lipinski definition) is 11. The SMILES string of the molecule is CCCCCCCCCCCCCCCCC(O)C(=O)N[C@@H](COP(=O)(O)OC1C(O)C(O)C(O)[C@@H](O)C1O)[C@H](O)CCCCCCCCCCCCCCC. The number of carbonyl (C=O) groups excluding carboxylic acids is 1. The molecule has 0 radical (unpaired) electrons. The molecule has 0 aliphatic heterocycles. The fourth-order valence-electron chi connectivity index (χ4n) is 7.44. The quantitative estimate of drug-likeness (QED) is 0.0231. The normalized spacial score (nSPS) is 24.1. The molecule has 0 heterocycles. The molecule has 7 unspecified atom stereocenters. The first-order chi connectivity index (χ1) is 26.9. The first-order valence-corrected chi connectivity index (χ1v) is 24.1. The number of phosphoric ester groups is 1. The van der Waals surface area contributed by atoms with E-state index in [-0.39, 0.29) is 12.8 Å². The van der Waals surface area contributed by atoms with Gasteiger partial charge in [0.25, 0.3) is 0 Å². The van der Waals surface area contributed by atoms with Crippen molar-refractivity contribution in [3.05, 3.63) is 0 Å². The van der Waals surface area contributed by atoms with E-state index in [1.54, 1.807) is 0 Å². The second kappa shape index (κ2) is 33.1. The number of amides is 1. The van der Waals surface area contributed by atoms with E-state index in [0.29, 0.717) is 12.8 Å². The van der Waals surface area contributed by atoms with Crippen LogP contribution in [0.15, 0.2) is 0 Å². The maximum Gasteiger partial charge on any atom is 0.472 e. The maximum atomic E-state index is 13.0. The van der Waals surface area contributed by atoms with Gasteiger partial charge in [-0.3, -0.25) is 13.8 Å². The number of phosphoric acid groups is 1. The predicted molar refractivity (Wildman–Crippen MR) is 220 cm³/mol. The van der Waals surface area contributed by atoms with Crippen molar-refractivity contribution in [2.45, 2.75) is 255 Å². The molecule has 0 saturated heterocycles. The largest absolute Gasteiger partial charge is 0.472 e. The smallest absolute Gasteiger partial charge is 0.391 e. The lowest BCUT2D eigenvalue weighted by atomic mass is 9.85.